The maximum Gasteiger partial charge on any atom is 0.264 e. The van der Waals surface area contributed by atoms with Gasteiger partial charge in [0.1, 0.15) is 5.82 Å². The molecule has 0 aliphatic heterocycles. The molecule has 2 rings (SSSR count). The lowest BCUT2D eigenvalue weighted by molar-refractivity contribution is 0.480. The molecule has 0 amide bonds. The lowest BCUT2D eigenvalue weighted by atomic mass is 10.1. The summed E-state index contributed by atoms with van der Waals surface area (Å²) < 4.78 is 44.5. The van der Waals surface area contributed by atoms with Crippen molar-refractivity contribution in [1.82, 2.24) is 4.98 Å². The normalized spacial score (nSPS) is 12.2. The molecule has 0 fully saturated rings. The van der Waals surface area contributed by atoms with E-state index in [9.17, 15) is 12.8 Å². The molecule has 2 aromatic rings. The van der Waals surface area contributed by atoms with Crippen molar-refractivity contribution in [1.29, 1.82) is 0 Å². The van der Waals surface area contributed by atoms with Crippen LogP contribution >= 0.6 is 11.3 Å². The lowest BCUT2D eigenvalue weighted by Gasteiger charge is -2.03. The molecule has 0 atom stereocenters. The van der Waals surface area contributed by atoms with E-state index in [1.54, 1.807) is 6.07 Å². The van der Waals surface area contributed by atoms with Gasteiger partial charge in [-0.1, -0.05) is 0 Å². The van der Waals surface area contributed by atoms with Gasteiger partial charge >= 0.3 is 0 Å². The molecule has 0 spiro atoms. The van der Waals surface area contributed by atoms with Crippen LogP contribution in [0.1, 0.15) is 17.0 Å². The lowest BCUT2D eigenvalue weighted by Crippen LogP contribution is -2.05. The molecule has 0 unspecified atom stereocenters. The Hall–Kier alpha value is -1.05. The highest BCUT2D eigenvalue weighted by Crippen LogP contribution is 2.27. The fourth-order valence-corrected chi connectivity index (χ4v) is 3.17. The molecule has 4 nitrogen and oxygen atoms in total. The quantitative estimate of drug-likeness (QED) is 0.878. The molecule has 18 heavy (non-hydrogen) atoms. The third kappa shape index (κ3) is 3.04. The topological polar surface area (TPSA) is 67.3 Å². The number of aryl methyl sites for hydroxylation is 2. The van der Waals surface area contributed by atoms with Gasteiger partial charge in [-0.3, -0.25) is 4.55 Å². The van der Waals surface area contributed by atoms with Crippen molar-refractivity contribution in [3.05, 3.63) is 28.5 Å². The van der Waals surface area contributed by atoms with Gasteiger partial charge in [-0.05, 0) is 31.9 Å². The molecular formula is C11H12FNO3S2. The van der Waals surface area contributed by atoms with E-state index in [4.69, 9.17) is 4.55 Å². The molecule has 0 aliphatic carbocycles. The van der Waals surface area contributed by atoms with Gasteiger partial charge in [-0.25, -0.2) is 9.37 Å². The highest BCUT2D eigenvalue weighted by Gasteiger charge is 2.13. The van der Waals surface area contributed by atoms with Crippen LogP contribution in [0.4, 0.5) is 4.39 Å². The molecule has 1 heterocycles. The minimum Gasteiger partial charge on any atom is -0.286 e. The summed E-state index contributed by atoms with van der Waals surface area (Å²) in [6.07, 6.45) is 0.414. The number of aromatic nitrogens is 1. The minimum absolute atomic E-state index is 0.172. The zero-order valence-electron chi connectivity index (χ0n) is 9.68. The molecule has 1 aromatic heterocycles. The van der Waals surface area contributed by atoms with Crippen molar-refractivity contribution < 1.29 is 17.4 Å². The zero-order valence-corrected chi connectivity index (χ0v) is 11.3. The first kappa shape index (κ1) is 13.4. The monoisotopic (exact) mass is 289 g/mol. The third-order valence-electron chi connectivity index (χ3n) is 2.54. The summed E-state index contributed by atoms with van der Waals surface area (Å²) in [5.41, 5.74) is 1.01. The minimum atomic E-state index is -4.00. The maximum atomic E-state index is 13.7. The molecule has 98 valence electrons. The Morgan fingerprint density at radius 2 is 2.17 bits per heavy atom. The highest BCUT2D eigenvalue weighted by atomic mass is 32.2. The van der Waals surface area contributed by atoms with E-state index in [1.807, 2.05) is 6.92 Å². The van der Waals surface area contributed by atoms with E-state index in [0.29, 0.717) is 11.1 Å². The number of fused-ring (bicyclic) bond motifs is 1. The summed E-state index contributed by atoms with van der Waals surface area (Å²) in [5.74, 6) is -0.755. The predicted molar refractivity (Wildman–Crippen MR) is 69.1 cm³/mol. The van der Waals surface area contributed by atoms with Gasteiger partial charge in [0.2, 0.25) is 0 Å². The Balaban J connectivity index is 2.29. The van der Waals surface area contributed by atoms with E-state index < -0.39 is 10.1 Å². The zero-order chi connectivity index (χ0) is 13.3. The molecule has 7 heteroatoms. The average Bonchev–Trinajstić information content (AvgIpc) is 2.61. The Kier molecular flexibility index (Phi) is 3.65. The van der Waals surface area contributed by atoms with Gasteiger partial charge < -0.3 is 0 Å². The van der Waals surface area contributed by atoms with Gasteiger partial charge in [-0.15, -0.1) is 11.3 Å². The first-order chi connectivity index (χ1) is 8.37. The molecule has 1 N–H and O–H groups in total. The SMILES string of the molecule is Cc1nc2c(CCCS(=O)(=O)O)c(F)ccc2s1. The molecular weight excluding hydrogens is 277 g/mol. The van der Waals surface area contributed by atoms with E-state index >= 15 is 0 Å². The number of hydrogen-bond donors (Lipinski definition) is 1. The number of rotatable bonds is 4. The van der Waals surface area contributed by atoms with Gasteiger partial charge in [0, 0.05) is 5.56 Å². The Bertz CT molecular complexity index is 679. The van der Waals surface area contributed by atoms with E-state index in [1.165, 1.54) is 17.4 Å². The van der Waals surface area contributed by atoms with Crippen molar-refractivity contribution in [2.24, 2.45) is 0 Å². The Morgan fingerprint density at radius 1 is 1.44 bits per heavy atom. The molecule has 0 saturated heterocycles. The van der Waals surface area contributed by atoms with Crippen molar-refractivity contribution in [3.63, 3.8) is 0 Å². The molecule has 0 saturated carbocycles. The number of benzene rings is 1. The predicted octanol–water partition coefficient (Wildman–Crippen LogP) is 2.56. The highest BCUT2D eigenvalue weighted by molar-refractivity contribution is 7.85. The van der Waals surface area contributed by atoms with Gasteiger partial charge in [0.15, 0.2) is 0 Å². The summed E-state index contributed by atoms with van der Waals surface area (Å²) >= 11 is 1.47. The summed E-state index contributed by atoms with van der Waals surface area (Å²) in [6.45, 7) is 1.84. The van der Waals surface area contributed by atoms with Crippen LogP contribution in [0.3, 0.4) is 0 Å². The van der Waals surface area contributed by atoms with Crippen LogP contribution in [0.5, 0.6) is 0 Å². The molecule has 0 aliphatic rings. The fraction of sp³-hybridized carbons (Fsp3) is 0.364. The first-order valence-electron chi connectivity index (χ1n) is 5.36. The smallest absolute Gasteiger partial charge is 0.264 e. The van der Waals surface area contributed by atoms with Crippen LogP contribution in [0, 0.1) is 12.7 Å². The van der Waals surface area contributed by atoms with Crippen molar-refractivity contribution >= 4 is 31.7 Å². The average molecular weight is 289 g/mol. The van der Waals surface area contributed by atoms with Crippen LogP contribution in [0.25, 0.3) is 10.2 Å². The van der Waals surface area contributed by atoms with Crippen molar-refractivity contribution in [3.8, 4) is 0 Å². The second-order valence-electron chi connectivity index (χ2n) is 4.00. The molecule has 0 bridgehead atoms. The van der Waals surface area contributed by atoms with E-state index in [0.717, 1.165) is 9.71 Å². The maximum absolute atomic E-state index is 13.7. The van der Waals surface area contributed by atoms with Crippen molar-refractivity contribution in [2.75, 3.05) is 5.75 Å². The van der Waals surface area contributed by atoms with Crippen LogP contribution in [0.15, 0.2) is 12.1 Å². The standard InChI is InChI=1S/C11H12FNO3S2/c1-7-13-11-8(3-2-6-18(14,15)16)9(12)4-5-10(11)17-7/h4-5H,2-3,6H2,1H3,(H,14,15,16). The van der Waals surface area contributed by atoms with Crippen LogP contribution < -0.4 is 0 Å². The number of thiazole rings is 1. The fourth-order valence-electron chi connectivity index (χ4n) is 1.80. The van der Waals surface area contributed by atoms with Gasteiger partial charge in [0.05, 0.1) is 21.0 Å². The van der Waals surface area contributed by atoms with E-state index in [2.05, 4.69) is 4.98 Å². The number of nitrogens with zero attached hydrogens (tertiary/aromatic N) is 1. The summed E-state index contributed by atoms with van der Waals surface area (Å²) in [5, 5.41) is 0.839. The van der Waals surface area contributed by atoms with Gasteiger partial charge in [-0.2, -0.15) is 8.42 Å². The molecule has 0 radical (unpaired) electrons. The summed E-state index contributed by atoms with van der Waals surface area (Å²) in [6, 6.07) is 3.03. The third-order valence-corrected chi connectivity index (χ3v) is 4.29. The van der Waals surface area contributed by atoms with Crippen LogP contribution in [0.2, 0.25) is 0 Å². The number of hydrogen-bond acceptors (Lipinski definition) is 4. The second kappa shape index (κ2) is 4.91. The summed E-state index contributed by atoms with van der Waals surface area (Å²) in [4.78, 5) is 4.26. The van der Waals surface area contributed by atoms with Crippen molar-refractivity contribution in [2.45, 2.75) is 19.8 Å². The van der Waals surface area contributed by atoms with Crippen LogP contribution in [-0.4, -0.2) is 23.7 Å². The summed E-state index contributed by atoms with van der Waals surface area (Å²) in [7, 11) is -4.00. The van der Waals surface area contributed by atoms with E-state index in [-0.39, 0.29) is 24.4 Å². The number of halogens is 1. The largest absolute Gasteiger partial charge is 0.286 e. The first-order valence-corrected chi connectivity index (χ1v) is 7.79. The Labute approximate surface area is 108 Å². The second-order valence-corrected chi connectivity index (χ2v) is 6.80. The van der Waals surface area contributed by atoms with Crippen LogP contribution in [-0.2, 0) is 16.5 Å². The molecule has 1 aromatic carbocycles. The van der Waals surface area contributed by atoms with Gasteiger partial charge in [0.25, 0.3) is 10.1 Å². The Morgan fingerprint density at radius 3 is 2.83 bits per heavy atom.